The van der Waals surface area contributed by atoms with Crippen LogP contribution in [0.5, 0.6) is 0 Å². The summed E-state index contributed by atoms with van der Waals surface area (Å²) in [5.74, 6) is 0.647. The standard InChI is InChI=1S/C12H17ClN4S/c1-9(2)5-14-6-10-7-17(16-15-10)8-11-3-4-12(13)18-11/h3-4,7,9,14H,5-6,8H2,1-2H3. The highest BCUT2D eigenvalue weighted by atomic mass is 35.5. The Kier molecular flexibility index (Phi) is 4.74. The topological polar surface area (TPSA) is 42.7 Å². The third-order valence-corrected chi connectivity index (χ3v) is 3.61. The maximum atomic E-state index is 5.89. The molecule has 1 N–H and O–H groups in total. The van der Waals surface area contributed by atoms with Crippen LogP contribution in [0.15, 0.2) is 18.3 Å². The molecule has 4 nitrogen and oxygen atoms in total. The van der Waals surface area contributed by atoms with Crippen LogP contribution in [0.25, 0.3) is 0 Å². The van der Waals surface area contributed by atoms with Gasteiger partial charge in [-0.3, -0.25) is 0 Å². The summed E-state index contributed by atoms with van der Waals surface area (Å²) in [6.07, 6.45) is 1.97. The second kappa shape index (κ2) is 6.31. The lowest BCUT2D eigenvalue weighted by molar-refractivity contribution is 0.548. The molecule has 2 rings (SSSR count). The summed E-state index contributed by atoms with van der Waals surface area (Å²) in [6, 6.07) is 3.93. The second-order valence-electron chi connectivity index (χ2n) is 4.64. The van der Waals surface area contributed by atoms with Crippen molar-refractivity contribution in [2.24, 2.45) is 5.92 Å². The first-order valence-corrected chi connectivity index (χ1v) is 7.17. The van der Waals surface area contributed by atoms with Crippen molar-refractivity contribution in [3.05, 3.63) is 33.2 Å². The Labute approximate surface area is 116 Å². The van der Waals surface area contributed by atoms with Gasteiger partial charge < -0.3 is 5.32 Å². The number of aromatic nitrogens is 3. The number of rotatable bonds is 6. The quantitative estimate of drug-likeness (QED) is 0.887. The molecule has 6 heteroatoms. The van der Waals surface area contributed by atoms with Crippen molar-refractivity contribution in [3.8, 4) is 0 Å². The predicted molar refractivity (Wildman–Crippen MR) is 75.0 cm³/mol. The molecule has 0 aromatic carbocycles. The van der Waals surface area contributed by atoms with Gasteiger partial charge in [-0.1, -0.05) is 30.7 Å². The third kappa shape index (κ3) is 4.08. The number of halogens is 1. The highest BCUT2D eigenvalue weighted by Gasteiger charge is 2.03. The Hall–Kier alpha value is -0.910. The maximum Gasteiger partial charge on any atom is 0.0964 e. The normalized spacial score (nSPS) is 11.3. The van der Waals surface area contributed by atoms with E-state index < -0.39 is 0 Å². The van der Waals surface area contributed by atoms with Crippen LogP contribution in [-0.4, -0.2) is 21.5 Å². The van der Waals surface area contributed by atoms with Crippen LogP contribution in [0.1, 0.15) is 24.4 Å². The molecular formula is C12H17ClN4S. The first kappa shape index (κ1) is 13.5. The van der Waals surface area contributed by atoms with Gasteiger partial charge in [-0.25, -0.2) is 4.68 Å². The van der Waals surface area contributed by atoms with Gasteiger partial charge in [-0.15, -0.1) is 16.4 Å². The van der Waals surface area contributed by atoms with Crippen molar-refractivity contribution in [2.75, 3.05) is 6.54 Å². The smallest absolute Gasteiger partial charge is 0.0964 e. The maximum absolute atomic E-state index is 5.89. The summed E-state index contributed by atoms with van der Waals surface area (Å²) >= 11 is 7.47. The van der Waals surface area contributed by atoms with Crippen molar-refractivity contribution in [1.29, 1.82) is 0 Å². The molecule has 0 saturated heterocycles. The minimum atomic E-state index is 0.647. The second-order valence-corrected chi connectivity index (χ2v) is 6.44. The van der Waals surface area contributed by atoms with E-state index in [0.29, 0.717) is 5.92 Å². The number of nitrogens with zero attached hydrogens (tertiary/aromatic N) is 3. The van der Waals surface area contributed by atoms with E-state index in [2.05, 4.69) is 29.5 Å². The van der Waals surface area contributed by atoms with Crippen molar-refractivity contribution in [3.63, 3.8) is 0 Å². The van der Waals surface area contributed by atoms with Gasteiger partial charge in [0.1, 0.15) is 0 Å². The molecule has 0 atom stereocenters. The van der Waals surface area contributed by atoms with Crippen molar-refractivity contribution in [1.82, 2.24) is 20.3 Å². The zero-order valence-electron chi connectivity index (χ0n) is 10.6. The lowest BCUT2D eigenvalue weighted by atomic mass is 10.2. The van der Waals surface area contributed by atoms with Gasteiger partial charge in [0.15, 0.2) is 0 Å². The van der Waals surface area contributed by atoms with Crippen LogP contribution in [0.2, 0.25) is 4.34 Å². The molecule has 0 spiro atoms. The molecule has 0 fully saturated rings. The molecule has 0 unspecified atom stereocenters. The molecule has 18 heavy (non-hydrogen) atoms. The molecule has 2 aromatic heterocycles. The minimum absolute atomic E-state index is 0.647. The van der Waals surface area contributed by atoms with Crippen LogP contribution >= 0.6 is 22.9 Å². The van der Waals surface area contributed by atoms with E-state index in [0.717, 1.165) is 29.7 Å². The summed E-state index contributed by atoms with van der Waals surface area (Å²) in [5.41, 5.74) is 0.971. The van der Waals surface area contributed by atoms with Crippen molar-refractivity contribution < 1.29 is 0 Å². The van der Waals surface area contributed by atoms with Gasteiger partial charge in [0.05, 0.1) is 22.8 Å². The van der Waals surface area contributed by atoms with Gasteiger partial charge in [-0.2, -0.15) is 0 Å². The Morgan fingerprint density at radius 1 is 1.44 bits per heavy atom. The summed E-state index contributed by atoms with van der Waals surface area (Å²) in [7, 11) is 0. The highest BCUT2D eigenvalue weighted by molar-refractivity contribution is 7.16. The average molecular weight is 285 g/mol. The zero-order valence-corrected chi connectivity index (χ0v) is 12.1. The van der Waals surface area contributed by atoms with Crippen LogP contribution in [0.4, 0.5) is 0 Å². The monoisotopic (exact) mass is 284 g/mol. The van der Waals surface area contributed by atoms with E-state index in [1.54, 1.807) is 11.3 Å². The Bertz CT molecular complexity index is 492. The fourth-order valence-electron chi connectivity index (χ4n) is 1.58. The number of hydrogen-bond donors (Lipinski definition) is 1. The van der Waals surface area contributed by atoms with Crippen LogP contribution < -0.4 is 5.32 Å². The predicted octanol–water partition coefficient (Wildman–Crippen LogP) is 2.79. The largest absolute Gasteiger partial charge is 0.311 e. The molecule has 2 heterocycles. The lowest BCUT2D eigenvalue weighted by Gasteiger charge is -2.04. The van der Waals surface area contributed by atoms with E-state index in [4.69, 9.17) is 11.6 Å². The van der Waals surface area contributed by atoms with Crippen molar-refractivity contribution >= 4 is 22.9 Å². The van der Waals surface area contributed by atoms with Gasteiger partial charge in [0, 0.05) is 11.4 Å². The molecule has 98 valence electrons. The first-order valence-electron chi connectivity index (χ1n) is 5.97. The average Bonchev–Trinajstić information content (AvgIpc) is 2.89. The molecular weight excluding hydrogens is 268 g/mol. The fraction of sp³-hybridized carbons (Fsp3) is 0.500. The molecule has 0 radical (unpaired) electrons. The summed E-state index contributed by atoms with van der Waals surface area (Å²) in [5, 5.41) is 11.6. The van der Waals surface area contributed by atoms with E-state index >= 15 is 0 Å². The molecule has 0 saturated carbocycles. The van der Waals surface area contributed by atoms with Gasteiger partial charge in [-0.05, 0) is 24.6 Å². The molecule has 0 amide bonds. The minimum Gasteiger partial charge on any atom is -0.311 e. The summed E-state index contributed by atoms with van der Waals surface area (Å²) in [6.45, 7) is 6.86. The number of thiophene rings is 1. The summed E-state index contributed by atoms with van der Waals surface area (Å²) < 4.78 is 2.65. The molecule has 2 aromatic rings. The van der Waals surface area contributed by atoms with Gasteiger partial charge >= 0.3 is 0 Å². The van der Waals surface area contributed by atoms with E-state index in [-0.39, 0.29) is 0 Å². The van der Waals surface area contributed by atoms with E-state index in [1.807, 2.05) is 23.0 Å². The highest BCUT2D eigenvalue weighted by Crippen LogP contribution is 2.21. The van der Waals surface area contributed by atoms with Crippen molar-refractivity contribution in [2.45, 2.75) is 26.9 Å². The molecule has 0 aliphatic carbocycles. The van der Waals surface area contributed by atoms with Crippen LogP contribution in [0.3, 0.4) is 0 Å². The first-order chi connectivity index (χ1) is 8.63. The molecule has 0 bridgehead atoms. The van der Waals surface area contributed by atoms with Gasteiger partial charge in [0.2, 0.25) is 0 Å². The van der Waals surface area contributed by atoms with E-state index in [9.17, 15) is 0 Å². The Morgan fingerprint density at radius 3 is 2.94 bits per heavy atom. The lowest BCUT2D eigenvalue weighted by Crippen LogP contribution is -2.19. The summed E-state index contributed by atoms with van der Waals surface area (Å²) in [4.78, 5) is 1.19. The SMILES string of the molecule is CC(C)CNCc1cn(Cc2ccc(Cl)s2)nn1. The fourth-order valence-corrected chi connectivity index (χ4v) is 2.66. The number of nitrogens with one attached hydrogen (secondary N) is 1. The van der Waals surface area contributed by atoms with Crippen LogP contribution in [0, 0.1) is 5.92 Å². The Morgan fingerprint density at radius 2 is 2.28 bits per heavy atom. The third-order valence-electron chi connectivity index (χ3n) is 2.39. The zero-order chi connectivity index (χ0) is 13.0. The van der Waals surface area contributed by atoms with E-state index in [1.165, 1.54) is 4.88 Å². The van der Waals surface area contributed by atoms with Crippen LogP contribution in [-0.2, 0) is 13.1 Å². The van der Waals surface area contributed by atoms with Gasteiger partial charge in [0.25, 0.3) is 0 Å². The Balaban J connectivity index is 1.86. The molecule has 0 aliphatic rings. The molecule has 0 aliphatic heterocycles. The number of hydrogen-bond acceptors (Lipinski definition) is 4.